The normalized spacial score (nSPS) is 22.5. The number of aliphatic hydroxyl groups is 2. The molecule has 118 valence electrons. The summed E-state index contributed by atoms with van der Waals surface area (Å²) in [5.74, 6) is 1.84. The van der Waals surface area contributed by atoms with Gasteiger partial charge in [-0.05, 0) is 24.6 Å². The third kappa shape index (κ3) is 4.09. The van der Waals surface area contributed by atoms with Gasteiger partial charge in [-0.25, -0.2) is 0 Å². The molecular formula is C16H25NO4. The van der Waals surface area contributed by atoms with Crippen LogP contribution in [0.1, 0.15) is 5.56 Å². The van der Waals surface area contributed by atoms with E-state index in [0.717, 1.165) is 36.7 Å². The highest BCUT2D eigenvalue weighted by Gasteiger charge is 2.31. The average molecular weight is 295 g/mol. The number of rotatable bonds is 7. The van der Waals surface area contributed by atoms with E-state index >= 15 is 0 Å². The monoisotopic (exact) mass is 295 g/mol. The Morgan fingerprint density at radius 1 is 1.14 bits per heavy atom. The molecule has 0 saturated carbocycles. The SMILES string of the molecule is COc1cc(C)ccc1OCCN1C[C@@H](CO)[C@H](CO)C1. The van der Waals surface area contributed by atoms with E-state index in [1.807, 2.05) is 25.1 Å². The molecular weight excluding hydrogens is 270 g/mol. The van der Waals surface area contributed by atoms with Crippen molar-refractivity contribution in [3.63, 3.8) is 0 Å². The second kappa shape index (κ2) is 7.64. The van der Waals surface area contributed by atoms with Crippen molar-refractivity contribution in [2.75, 3.05) is 46.6 Å². The van der Waals surface area contributed by atoms with Gasteiger partial charge in [-0.3, -0.25) is 4.90 Å². The molecule has 21 heavy (non-hydrogen) atoms. The Kier molecular flexibility index (Phi) is 5.85. The van der Waals surface area contributed by atoms with E-state index in [0.29, 0.717) is 6.61 Å². The Hall–Kier alpha value is -1.30. The first kappa shape index (κ1) is 16.1. The van der Waals surface area contributed by atoms with Gasteiger partial charge in [0.05, 0.1) is 7.11 Å². The molecule has 1 heterocycles. The lowest BCUT2D eigenvalue weighted by atomic mass is 9.98. The molecule has 0 bridgehead atoms. The molecule has 2 rings (SSSR count). The van der Waals surface area contributed by atoms with Crippen LogP contribution in [0.25, 0.3) is 0 Å². The van der Waals surface area contributed by atoms with Crippen LogP contribution in [0.4, 0.5) is 0 Å². The molecule has 0 aromatic heterocycles. The van der Waals surface area contributed by atoms with Crippen molar-refractivity contribution >= 4 is 0 Å². The number of aliphatic hydroxyl groups excluding tert-OH is 2. The van der Waals surface area contributed by atoms with E-state index < -0.39 is 0 Å². The first-order chi connectivity index (χ1) is 10.2. The van der Waals surface area contributed by atoms with E-state index in [4.69, 9.17) is 9.47 Å². The molecule has 2 atom stereocenters. The lowest BCUT2D eigenvalue weighted by molar-refractivity contribution is 0.152. The summed E-state index contributed by atoms with van der Waals surface area (Å²) in [6.45, 7) is 5.26. The molecule has 2 N–H and O–H groups in total. The van der Waals surface area contributed by atoms with Gasteiger partial charge in [0.15, 0.2) is 11.5 Å². The summed E-state index contributed by atoms with van der Waals surface area (Å²) < 4.78 is 11.1. The topological polar surface area (TPSA) is 62.2 Å². The fourth-order valence-corrected chi connectivity index (χ4v) is 2.81. The number of likely N-dealkylation sites (tertiary alicyclic amines) is 1. The minimum atomic E-state index is 0.133. The predicted octanol–water partition coefficient (Wildman–Crippen LogP) is 0.915. The van der Waals surface area contributed by atoms with E-state index in [2.05, 4.69) is 4.90 Å². The second-order valence-corrected chi connectivity index (χ2v) is 5.65. The number of ether oxygens (including phenoxy) is 2. The fraction of sp³-hybridized carbons (Fsp3) is 0.625. The van der Waals surface area contributed by atoms with Crippen LogP contribution in [0.3, 0.4) is 0 Å². The number of aryl methyl sites for hydroxylation is 1. The zero-order valence-corrected chi connectivity index (χ0v) is 12.8. The lowest BCUT2D eigenvalue weighted by Crippen LogP contribution is -2.27. The Balaban J connectivity index is 1.82. The molecule has 0 radical (unpaired) electrons. The second-order valence-electron chi connectivity index (χ2n) is 5.65. The van der Waals surface area contributed by atoms with Crippen LogP contribution in [-0.4, -0.2) is 61.7 Å². The molecule has 1 aromatic carbocycles. The Morgan fingerprint density at radius 3 is 2.38 bits per heavy atom. The molecule has 0 unspecified atom stereocenters. The van der Waals surface area contributed by atoms with Crippen molar-refractivity contribution in [3.8, 4) is 11.5 Å². The Morgan fingerprint density at radius 2 is 1.81 bits per heavy atom. The number of hydrogen-bond donors (Lipinski definition) is 2. The van der Waals surface area contributed by atoms with Gasteiger partial charge in [0.1, 0.15) is 6.61 Å². The minimum Gasteiger partial charge on any atom is -0.493 e. The molecule has 1 aliphatic heterocycles. The van der Waals surface area contributed by atoms with Gasteiger partial charge in [0, 0.05) is 44.7 Å². The van der Waals surface area contributed by atoms with Crippen molar-refractivity contribution in [2.45, 2.75) is 6.92 Å². The van der Waals surface area contributed by atoms with E-state index in [-0.39, 0.29) is 25.0 Å². The minimum absolute atomic E-state index is 0.133. The van der Waals surface area contributed by atoms with Crippen LogP contribution in [0.5, 0.6) is 11.5 Å². The molecule has 1 aliphatic rings. The molecule has 1 aromatic rings. The van der Waals surface area contributed by atoms with Crippen molar-refractivity contribution in [2.24, 2.45) is 11.8 Å². The molecule has 5 nitrogen and oxygen atoms in total. The summed E-state index contributed by atoms with van der Waals surface area (Å²) in [6.07, 6.45) is 0. The summed E-state index contributed by atoms with van der Waals surface area (Å²) in [5.41, 5.74) is 1.13. The van der Waals surface area contributed by atoms with Crippen LogP contribution in [0.15, 0.2) is 18.2 Å². The zero-order chi connectivity index (χ0) is 15.2. The van der Waals surface area contributed by atoms with Crippen LogP contribution in [-0.2, 0) is 0 Å². The van der Waals surface area contributed by atoms with E-state index in [1.54, 1.807) is 7.11 Å². The Bertz CT molecular complexity index is 440. The van der Waals surface area contributed by atoms with Gasteiger partial charge in [-0.15, -0.1) is 0 Å². The van der Waals surface area contributed by atoms with Crippen molar-refractivity contribution in [1.29, 1.82) is 0 Å². The van der Waals surface area contributed by atoms with Crippen LogP contribution < -0.4 is 9.47 Å². The standard InChI is InChI=1S/C16H25NO4/c1-12-3-4-15(16(7-12)20-2)21-6-5-17-8-13(10-18)14(9-17)11-19/h3-4,7,13-14,18-19H,5-6,8-11H2,1-2H3/t13-,14-/m0/s1. The maximum absolute atomic E-state index is 9.30. The lowest BCUT2D eigenvalue weighted by Gasteiger charge is -2.17. The maximum Gasteiger partial charge on any atom is 0.161 e. The van der Waals surface area contributed by atoms with Crippen LogP contribution in [0.2, 0.25) is 0 Å². The first-order valence-electron chi connectivity index (χ1n) is 7.39. The highest BCUT2D eigenvalue weighted by Crippen LogP contribution is 2.28. The largest absolute Gasteiger partial charge is 0.493 e. The van der Waals surface area contributed by atoms with Gasteiger partial charge < -0.3 is 19.7 Å². The van der Waals surface area contributed by atoms with Crippen LogP contribution >= 0.6 is 0 Å². The predicted molar refractivity (Wildman–Crippen MR) is 80.8 cm³/mol. The molecule has 0 amide bonds. The number of nitrogens with zero attached hydrogens (tertiary/aromatic N) is 1. The number of benzene rings is 1. The van der Waals surface area contributed by atoms with Crippen molar-refractivity contribution < 1.29 is 19.7 Å². The third-order valence-electron chi connectivity index (χ3n) is 4.11. The zero-order valence-electron chi connectivity index (χ0n) is 12.8. The summed E-state index contributed by atoms with van der Waals surface area (Å²) in [4.78, 5) is 2.22. The van der Waals surface area contributed by atoms with Gasteiger partial charge in [-0.2, -0.15) is 0 Å². The summed E-state index contributed by atoms with van der Waals surface area (Å²) in [6, 6.07) is 5.87. The van der Waals surface area contributed by atoms with Gasteiger partial charge in [-0.1, -0.05) is 6.07 Å². The summed E-state index contributed by atoms with van der Waals surface area (Å²) in [7, 11) is 1.64. The average Bonchev–Trinajstić information content (AvgIpc) is 2.91. The maximum atomic E-state index is 9.30. The highest BCUT2D eigenvalue weighted by atomic mass is 16.5. The molecule has 5 heteroatoms. The van der Waals surface area contributed by atoms with Gasteiger partial charge in [0.2, 0.25) is 0 Å². The quantitative estimate of drug-likeness (QED) is 0.783. The van der Waals surface area contributed by atoms with Crippen LogP contribution in [0, 0.1) is 18.8 Å². The fourth-order valence-electron chi connectivity index (χ4n) is 2.81. The van der Waals surface area contributed by atoms with Crippen molar-refractivity contribution in [3.05, 3.63) is 23.8 Å². The van der Waals surface area contributed by atoms with Gasteiger partial charge >= 0.3 is 0 Å². The third-order valence-corrected chi connectivity index (χ3v) is 4.11. The molecule has 1 saturated heterocycles. The number of methoxy groups -OCH3 is 1. The Labute approximate surface area is 126 Å². The van der Waals surface area contributed by atoms with E-state index in [1.165, 1.54) is 0 Å². The summed E-state index contributed by atoms with van der Waals surface area (Å²) in [5, 5.41) is 18.6. The smallest absolute Gasteiger partial charge is 0.161 e. The molecule has 1 fully saturated rings. The number of hydrogen-bond acceptors (Lipinski definition) is 5. The molecule has 0 spiro atoms. The molecule has 0 aliphatic carbocycles. The first-order valence-corrected chi connectivity index (χ1v) is 7.39. The summed E-state index contributed by atoms with van der Waals surface area (Å²) >= 11 is 0. The van der Waals surface area contributed by atoms with E-state index in [9.17, 15) is 10.2 Å². The van der Waals surface area contributed by atoms with Gasteiger partial charge in [0.25, 0.3) is 0 Å². The van der Waals surface area contributed by atoms with Crippen molar-refractivity contribution in [1.82, 2.24) is 4.90 Å². The highest BCUT2D eigenvalue weighted by molar-refractivity contribution is 5.42.